The van der Waals surface area contributed by atoms with Gasteiger partial charge in [0.2, 0.25) is 5.78 Å². The largest absolute Gasteiger partial charge is 0.288 e. The molecule has 0 fully saturated rings. The van der Waals surface area contributed by atoms with Gasteiger partial charge < -0.3 is 0 Å². The number of fused-ring (bicyclic) bond motifs is 2. The highest BCUT2D eigenvalue weighted by atomic mass is 15.1. The SMILES string of the molecule is CC(C)c1cnc2ccc(-c3ccn4c(C(C)C)cnc4n3)nc2c1. The lowest BCUT2D eigenvalue weighted by Crippen LogP contribution is -1.98. The summed E-state index contributed by atoms with van der Waals surface area (Å²) >= 11 is 0. The number of hydrogen-bond donors (Lipinski definition) is 0. The normalized spacial score (nSPS) is 11.9. The molecule has 5 nitrogen and oxygen atoms in total. The van der Waals surface area contributed by atoms with Crippen LogP contribution in [0.3, 0.4) is 0 Å². The van der Waals surface area contributed by atoms with E-state index in [1.165, 1.54) is 5.56 Å². The van der Waals surface area contributed by atoms with Gasteiger partial charge in [0.1, 0.15) is 0 Å². The Balaban J connectivity index is 1.81. The predicted molar refractivity (Wildman–Crippen MR) is 99.7 cm³/mol. The maximum atomic E-state index is 4.78. The maximum absolute atomic E-state index is 4.78. The Morgan fingerprint density at radius 3 is 2.36 bits per heavy atom. The van der Waals surface area contributed by atoms with E-state index in [0.29, 0.717) is 17.6 Å². The third-order valence-corrected chi connectivity index (χ3v) is 4.49. The van der Waals surface area contributed by atoms with Gasteiger partial charge >= 0.3 is 0 Å². The van der Waals surface area contributed by atoms with Crippen LogP contribution in [0.15, 0.2) is 42.9 Å². The van der Waals surface area contributed by atoms with Gasteiger partial charge in [-0.1, -0.05) is 27.7 Å². The first kappa shape index (κ1) is 15.7. The molecule has 0 spiro atoms. The van der Waals surface area contributed by atoms with E-state index in [0.717, 1.165) is 28.1 Å². The van der Waals surface area contributed by atoms with E-state index in [-0.39, 0.29) is 0 Å². The molecule has 0 atom stereocenters. The van der Waals surface area contributed by atoms with E-state index < -0.39 is 0 Å². The van der Waals surface area contributed by atoms with Crippen molar-refractivity contribution in [1.29, 1.82) is 0 Å². The number of aromatic nitrogens is 5. The molecule has 25 heavy (non-hydrogen) atoms. The molecule has 0 radical (unpaired) electrons. The zero-order valence-corrected chi connectivity index (χ0v) is 14.9. The number of rotatable bonds is 3. The molecule has 4 rings (SSSR count). The summed E-state index contributed by atoms with van der Waals surface area (Å²) in [6.45, 7) is 8.63. The molecule has 4 aromatic heterocycles. The minimum absolute atomic E-state index is 0.405. The fraction of sp³-hybridized carbons (Fsp3) is 0.300. The molecule has 0 bridgehead atoms. The summed E-state index contributed by atoms with van der Waals surface area (Å²) in [5, 5.41) is 0. The van der Waals surface area contributed by atoms with Gasteiger partial charge in [-0.2, -0.15) is 0 Å². The lowest BCUT2D eigenvalue weighted by Gasteiger charge is -2.08. The van der Waals surface area contributed by atoms with E-state index in [1.807, 2.05) is 41.2 Å². The Bertz CT molecular complexity index is 1060. The average Bonchev–Trinajstić information content (AvgIpc) is 3.04. The molecule has 0 aliphatic carbocycles. The van der Waals surface area contributed by atoms with E-state index in [9.17, 15) is 0 Å². The number of hydrogen-bond acceptors (Lipinski definition) is 4. The van der Waals surface area contributed by atoms with Crippen molar-refractivity contribution in [2.24, 2.45) is 0 Å². The first-order valence-corrected chi connectivity index (χ1v) is 8.64. The second-order valence-electron chi connectivity index (χ2n) is 6.98. The Labute approximate surface area is 146 Å². The average molecular weight is 331 g/mol. The summed E-state index contributed by atoms with van der Waals surface area (Å²) in [5.74, 6) is 1.54. The Morgan fingerprint density at radius 1 is 0.800 bits per heavy atom. The fourth-order valence-corrected chi connectivity index (χ4v) is 2.94. The molecule has 0 aromatic carbocycles. The lowest BCUT2D eigenvalue weighted by molar-refractivity contribution is 0.805. The van der Waals surface area contributed by atoms with E-state index in [4.69, 9.17) is 4.98 Å². The van der Waals surface area contributed by atoms with Gasteiger partial charge in [-0.3, -0.25) is 9.38 Å². The zero-order chi connectivity index (χ0) is 17.6. The lowest BCUT2D eigenvalue weighted by atomic mass is 10.1. The topological polar surface area (TPSA) is 56.0 Å². The fourth-order valence-electron chi connectivity index (χ4n) is 2.94. The van der Waals surface area contributed by atoms with Crippen molar-refractivity contribution in [2.45, 2.75) is 39.5 Å². The van der Waals surface area contributed by atoms with E-state index in [2.05, 4.69) is 48.7 Å². The van der Waals surface area contributed by atoms with Gasteiger partial charge in [0.05, 0.1) is 28.6 Å². The Kier molecular flexibility index (Phi) is 3.71. The Hall–Kier alpha value is -2.82. The standard InChI is InChI=1S/C20H21N5/c1-12(2)14-9-18-15(21-10-14)5-6-16(23-18)17-7-8-25-19(13(3)4)11-22-20(25)24-17/h5-13H,1-4H3. The molecule has 4 heterocycles. The van der Waals surface area contributed by atoms with Gasteiger partial charge in [-0.05, 0) is 41.7 Å². The van der Waals surface area contributed by atoms with Crippen LogP contribution >= 0.6 is 0 Å². The smallest absolute Gasteiger partial charge is 0.234 e. The number of nitrogens with zero attached hydrogens (tertiary/aromatic N) is 5. The maximum Gasteiger partial charge on any atom is 0.234 e. The molecule has 0 aliphatic rings. The molecule has 0 saturated carbocycles. The quantitative estimate of drug-likeness (QED) is 0.551. The van der Waals surface area contributed by atoms with Gasteiger partial charge in [0.15, 0.2) is 0 Å². The second kappa shape index (κ2) is 5.92. The van der Waals surface area contributed by atoms with E-state index >= 15 is 0 Å². The molecule has 126 valence electrons. The predicted octanol–water partition coefficient (Wildman–Crippen LogP) is 4.59. The molecule has 0 unspecified atom stereocenters. The summed E-state index contributed by atoms with van der Waals surface area (Å²) in [6, 6.07) is 8.07. The van der Waals surface area contributed by atoms with Crippen molar-refractivity contribution < 1.29 is 0 Å². The van der Waals surface area contributed by atoms with Crippen LogP contribution in [-0.4, -0.2) is 24.3 Å². The summed E-state index contributed by atoms with van der Waals surface area (Å²) < 4.78 is 2.04. The van der Waals surface area contributed by atoms with Crippen molar-refractivity contribution in [3.63, 3.8) is 0 Å². The monoisotopic (exact) mass is 331 g/mol. The molecule has 0 amide bonds. The highest BCUT2D eigenvalue weighted by Gasteiger charge is 2.11. The van der Waals surface area contributed by atoms with Crippen LogP contribution < -0.4 is 0 Å². The van der Waals surface area contributed by atoms with Crippen LogP contribution in [0, 0.1) is 0 Å². The molecular formula is C20H21N5. The van der Waals surface area contributed by atoms with Crippen molar-refractivity contribution in [1.82, 2.24) is 24.3 Å². The van der Waals surface area contributed by atoms with Gasteiger partial charge in [-0.15, -0.1) is 0 Å². The van der Waals surface area contributed by atoms with Gasteiger partial charge in [-0.25, -0.2) is 15.0 Å². The third-order valence-electron chi connectivity index (χ3n) is 4.49. The minimum Gasteiger partial charge on any atom is -0.288 e. The van der Waals surface area contributed by atoms with Crippen LogP contribution in [0.2, 0.25) is 0 Å². The molecule has 0 N–H and O–H groups in total. The van der Waals surface area contributed by atoms with E-state index in [1.54, 1.807) is 0 Å². The summed E-state index contributed by atoms with van der Waals surface area (Å²) in [6.07, 6.45) is 5.84. The van der Waals surface area contributed by atoms with Crippen molar-refractivity contribution in [3.8, 4) is 11.4 Å². The highest BCUT2D eigenvalue weighted by Crippen LogP contribution is 2.23. The molecule has 4 aromatic rings. The van der Waals surface area contributed by atoms with Crippen LogP contribution in [0.4, 0.5) is 0 Å². The Morgan fingerprint density at radius 2 is 1.60 bits per heavy atom. The first-order chi connectivity index (χ1) is 12.0. The van der Waals surface area contributed by atoms with Crippen molar-refractivity contribution in [2.75, 3.05) is 0 Å². The summed E-state index contributed by atoms with van der Waals surface area (Å²) in [7, 11) is 0. The van der Waals surface area contributed by atoms with Crippen LogP contribution in [0.25, 0.3) is 28.2 Å². The minimum atomic E-state index is 0.405. The van der Waals surface area contributed by atoms with Crippen LogP contribution in [-0.2, 0) is 0 Å². The van der Waals surface area contributed by atoms with Crippen molar-refractivity contribution >= 4 is 16.8 Å². The number of imidazole rings is 1. The molecular weight excluding hydrogens is 310 g/mol. The molecule has 5 heteroatoms. The molecule has 0 saturated heterocycles. The third kappa shape index (κ3) is 2.76. The highest BCUT2D eigenvalue weighted by molar-refractivity contribution is 5.78. The van der Waals surface area contributed by atoms with Crippen LogP contribution in [0.1, 0.15) is 50.8 Å². The van der Waals surface area contributed by atoms with Gasteiger partial charge in [0.25, 0.3) is 0 Å². The first-order valence-electron chi connectivity index (χ1n) is 8.64. The number of pyridine rings is 2. The summed E-state index contributed by atoms with van der Waals surface area (Å²) in [4.78, 5) is 18.4. The second-order valence-corrected chi connectivity index (χ2v) is 6.98. The van der Waals surface area contributed by atoms with Crippen molar-refractivity contribution in [3.05, 3.63) is 54.1 Å². The molecule has 0 aliphatic heterocycles. The van der Waals surface area contributed by atoms with Gasteiger partial charge in [0, 0.05) is 18.1 Å². The van der Waals surface area contributed by atoms with Crippen LogP contribution in [0.5, 0.6) is 0 Å². The summed E-state index contributed by atoms with van der Waals surface area (Å²) in [5.41, 5.74) is 5.81. The zero-order valence-electron chi connectivity index (χ0n) is 14.9.